The Balaban J connectivity index is 2.67. The van der Waals surface area contributed by atoms with Gasteiger partial charge < -0.3 is 4.90 Å². The molecule has 0 aliphatic carbocycles. The number of allylic oxidation sites excluding steroid dienone is 2. The van der Waals surface area contributed by atoms with Crippen LogP contribution in [0, 0.1) is 0 Å². The summed E-state index contributed by atoms with van der Waals surface area (Å²) >= 11 is 0. The summed E-state index contributed by atoms with van der Waals surface area (Å²) in [6.45, 7) is 7.72. The molecule has 1 unspecified atom stereocenters. The number of likely N-dealkylation sites (N-methyl/N-ethyl adjacent to an activating group) is 1. The molecule has 1 nitrogen and oxygen atoms in total. The van der Waals surface area contributed by atoms with Gasteiger partial charge >= 0.3 is 0 Å². The molecule has 0 aromatic rings. The monoisotopic (exact) mass is 151 g/mol. The zero-order valence-corrected chi connectivity index (χ0v) is 7.67. The van der Waals surface area contributed by atoms with Crippen molar-refractivity contribution in [1.82, 2.24) is 4.90 Å². The molecule has 0 fully saturated rings. The van der Waals surface area contributed by atoms with Crippen LogP contribution in [0.15, 0.2) is 23.9 Å². The van der Waals surface area contributed by atoms with E-state index in [4.69, 9.17) is 0 Å². The van der Waals surface area contributed by atoms with Crippen molar-refractivity contribution < 1.29 is 0 Å². The van der Waals surface area contributed by atoms with E-state index < -0.39 is 0 Å². The van der Waals surface area contributed by atoms with Gasteiger partial charge in [-0.2, -0.15) is 0 Å². The lowest BCUT2D eigenvalue weighted by Gasteiger charge is -2.27. The molecule has 11 heavy (non-hydrogen) atoms. The van der Waals surface area contributed by atoms with Crippen molar-refractivity contribution in [3.8, 4) is 0 Å². The highest BCUT2D eigenvalue weighted by Gasteiger charge is 2.08. The molecule has 1 heteroatoms. The fraction of sp³-hybridized carbons (Fsp3) is 0.600. The second kappa shape index (κ2) is 3.61. The molecule has 1 atom stereocenters. The number of rotatable bonds is 2. The molecule has 1 aliphatic rings. The van der Waals surface area contributed by atoms with Gasteiger partial charge in [0, 0.05) is 18.8 Å². The van der Waals surface area contributed by atoms with Gasteiger partial charge in [-0.15, -0.1) is 0 Å². The molecular formula is C10H17N. The first kappa shape index (κ1) is 8.38. The second-order valence-electron chi connectivity index (χ2n) is 2.99. The summed E-state index contributed by atoms with van der Waals surface area (Å²) in [6.07, 6.45) is 7.91. The van der Waals surface area contributed by atoms with Crippen molar-refractivity contribution in [3.63, 3.8) is 0 Å². The minimum Gasteiger partial charge on any atom is -0.371 e. The maximum absolute atomic E-state index is 2.36. The minimum atomic E-state index is 0.579. The highest BCUT2D eigenvalue weighted by Crippen LogP contribution is 2.14. The summed E-state index contributed by atoms with van der Waals surface area (Å²) < 4.78 is 0. The summed E-state index contributed by atoms with van der Waals surface area (Å²) in [4.78, 5) is 2.36. The standard InChI is InChI=1S/C10H17N/c1-4-10-7-6-9(3)11(5-2)8-10/h6-9H,4-5H2,1-3H3. The quantitative estimate of drug-likeness (QED) is 0.586. The van der Waals surface area contributed by atoms with E-state index in [9.17, 15) is 0 Å². The maximum Gasteiger partial charge on any atom is 0.0442 e. The van der Waals surface area contributed by atoms with Crippen LogP contribution in [-0.4, -0.2) is 17.5 Å². The Labute approximate surface area is 69.4 Å². The molecule has 0 radical (unpaired) electrons. The SMILES string of the molecule is CCC1=CN(CC)C(C)C=C1. The van der Waals surface area contributed by atoms with Gasteiger partial charge in [0.2, 0.25) is 0 Å². The summed E-state index contributed by atoms with van der Waals surface area (Å²) in [7, 11) is 0. The van der Waals surface area contributed by atoms with Crippen LogP contribution in [0.3, 0.4) is 0 Å². The molecule has 1 aliphatic heterocycles. The van der Waals surface area contributed by atoms with Crippen LogP contribution in [0.4, 0.5) is 0 Å². The summed E-state index contributed by atoms with van der Waals surface area (Å²) in [5.74, 6) is 0. The highest BCUT2D eigenvalue weighted by atomic mass is 15.1. The first-order valence-electron chi connectivity index (χ1n) is 4.42. The van der Waals surface area contributed by atoms with Crippen LogP contribution in [-0.2, 0) is 0 Å². The lowest BCUT2D eigenvalue weighted by molar-refractivity contribution is 0.346. The van der Waals surface area contributed by atoms with Crippen LogP contribution in [0.1, 0.15) is 27.2 Å². The Morgan fingerprint density at radius 2 is 2.18 bits per heavy atom. The van der Waals surface area contributed by atoms with Gasteiger partial charge in [0.25, 0.3) is 0 Å². The van der Waals surface area contributed by atoms with Crippen LogP contribution in [0.25, 0.3) is 0 Å². The van der Waals surface area contributed by atoms with Crippen molar-refractivity contribution in [2.75, 3.05) is 6.54 Å². The predicted octanol–water partition coefficient (Wildman–Crippen LogP) is 2.56. The average Bonchev–Trinajstić information content (AvgIpc) is 2.05. The van der Waals surface area contributed by atoms with Gasteiger partial charge in [-0.3, -0.25) is 0 Å². The van der Waals surface area contributed by atoms with E-state index in [1.54, 1.807) is 0 Å². The van der Waals surface area contributed by atoms with Gasteiger partial charge in [-0.05, 0) is 25.8 Å². The molecule has 0 bridgehead atoms. The average molecular weight is 151 g/mol. The molecule has 0 amide bonds. The van der Waals surface area contributed by atoms with Gasteiger partial charge in [0.1, 0.15) is 0 Å². The summed E-state index contributed by atoms with van der Waals surface area (Å²) in [6, 6.07) is 0.579. The first-order valence-corrected chi connectivity index (χ1v) is 4.42. The molecule has 62 valence electrons. The van der Waals surface area contributed by atoms with Gasteiger partial charge in [0.05, 0.1) is 0 Å². The third-order valence-electron chi connectivity index (χ3n) is 2.22. The molecule has 1 heterocycles. The van der Waals surface area contributed by atoms with Crippen LogP contribution < -0.4 is 0 Å². The number of hydrogen-bond donors (Lipinski definition) is 0. The highest BCUT2D eigenvalue weighted by molar-refractivity contribution is 5.23. The van der Waals surface area contributed by atoms with Crippen molar-refractivity contribution >= 4 is 0 Å². The van der Waals surface area contributed by atoms with Crippen LogP contribution in [0.2, 0.25) is 0 Å². The fourth-order valence-corrected chi connectivity index (χ4v) is 1.34. The van der Waals surface area contributed by atoms with Crippen molar-refractivity contribution in [3.05, 3.63) is 23.9 Å². The first-order chi connectivity index (χ1) is 5.27. The zero-order chi connectivity index (χ0) is 8.27. The summed E-state index contributed by atoms with van der Waals surface area (Å²) in [5, 5.41) is 0. The zero-order valence-electron chi connectivity index (χ0n) is 7.67. The van der Waals surface area contributed by atoms with Gasteiger partial charge in [-0.25, -0.2) is 0 Å². The number of nitrogens with zero attached hydrogens (tertiary/aromatic N) is 1. The molecule has 0 N–H and O–H groups in total. The molecular weight excluding hydrogens is 134 g/mol. The largest absolute Gasteiger partial charge is 0.371 e. The van der Waals surface area contributed by atoms with Crippen LogP contribution in [0.5, 0.6) is 0 Å². The van der Waals surface area contributed by atoms with Crippen LogP contribution >= 0.6 is 0 Å². The van der Waals surface area contributed by atoms with E-state index in [0.717, 1.165) is 13.0 Å². The Bertz CT molecular complexity index is 179. The van der Waals surface area contributed by atoms with E-state index in [1.165, 1.54) is 5.57 Å². The van der Waals surface area contributed by atoms with Crippen molar-refractivity contribution in [2.45, 2.75) is 33.2 Å². The molecule has 1 rings (SSSR count). The van der Waals surface area contributed by atoms with Crippen molar-refractivity contribution in [1.29, 1.82) is 0 Å². The van der Waals surface area contributed by atoms with Crippen molar-refractivity contribution in [2.24, 2.45) is 0 Å². The Morgan fingerprint density at radius 1 is 1.45 bits per heavy atom. The predicted molar refractivity (Wildman–Crippen MR) is 49.4 cm³/mol. The molecule has 0 saturated heterocycles. The maximum atomic E-state index is 2.36. The van der Waals surface area contributed by atoms with E-state index in [2.05, 4.69) is 44.0 Å². The topological polar surface area (TPSA) is 3.24 Å². The molecule has 0 aromatic heterocycles. The Hall–Kier alpha value is -0.720. The number of hydrogen-bond acceptors (Lipinski definition) is 1. The lowest BCUT2D eigenvalue weighted by atomic mass is 10.1. The summed E-state index contributed by atoms with van der Waals surface area (Å²) in [5.41, 5.74) is 1.44. The Morgan fingerprint density at radius 3 is 2.73 bits per heavy atom. The van der Waals surface area contributed by atoms with E-state index in [-0.39, 0.29) is 0 Å². The third-order valence-corrected chi connectivity index (χ3v) is 2.22. The fourth-order valence-electron chi connectivity index (χ4n) is 1.34. The van der Waals surface area contributed by atoms with E-state index in [1.807, 2.05) is 0 Å². The van der Waals surface area contributed by atoms with E-state index in [0.29, 0.717) is 6.04 Å². The molecule has 0 spiro atoms. The molecule has 0 saturated carbocycles. The lowest BCUT2D eigenvalue weighted by Crippen LogP contribution is -2.28. The van der Waals surface area contributed by atoms with Gasteiger partial charge in [0.15, 0.2) is 0 Å². The smallest absolute Gasteiger partial charge is 0.0442 e. The van der Waals surface area contributed by atoms with E-state index >= 15 is 0 Å². The second-order valence-corrected chi connectivity index (χ2v) is 2.99. The molecule has 0 aromatic carbocycles. The Kier molecular flexibility index (Phi) is 2.75. The van der Waals surface area contributed by atoms with Gasteiger partial charge in [-0.1, -0.05) is 19.1 Å². The third kappa shape index (κ3) is 1.86. The minimum absolute atomic E-state index is 0.579. The normalized spacial score (nSPS) is 23.7.